The van der Waals surface area contributed by atoms with Crippen LogP contribution in [0.5, 0.6) is 0 Å². The lowest BCUT2D eigenvalue weighted by molar-refractivity contribution is 0.574. The lowest BCUT2D eigenvalue weighted by Gasteiger charge is -2.16. The fraction of sp³-hybridized carbons (Fsp3) is 0.158. The van der Waals surface area contributed by atoms with Crippen LogP contribution in [0.3, 0.4) is 0 Å². The van der Waals surface area contributed by atoms with Gasteiger partial charge in [0.05, 0.1) is 0 Å². The fourth-order valence-electron chi connectivity index (χ4n) is 2.65. The highest BCUT2D eigenvalue weighted by Crippen LogP contribution is 2.24. The Morgan fingerprint density at radius 3 is 2.48 bits per heavy atom. The van der Waals surface area contributed by atoms with Crippen LogP contribution in [0.1, 0.15) is 24.1 Å². The minimum absolute atomic E-state index is 0.305. The molecular weight excluding hydrogens is 322 g/mol. The number of halogens is 1. The maximum atomic E-state index is 3.62. The van der Waals surface area contributed by atoms with Crippen molar-refractivity contribution >= 4 is 26.7 Å². The Morgan fingerprint density at radius 1 is 0.905 bits per heavy atom. The molecule has 2 heteroatoms. The normalized spacial score (nSPS) is 12.5. The van der Waals surface area contributed by atoms with Crippen molar-refractivity contribution in [2.24, 2.45) is 0 Å². The maximum absolute atomic E-state index is 3.62. The van der Waals surface area contributed by atoms with E-state index in [-0.39, 0.29) is 0 Å². The molecule has 0 aliphatic rings. The Balaban J connectivity index is 1.79. The van der Waals surface area contributed by atoms with Gasteiger partial charge in [-0.15, -0.1) is 0 Å². The summed E-state index contributed by atoms with van der Waals surface area (Å²) in [5.41, 5.74) is 2.63. The van der Waals surface area contributed by atoms with Crippen LogP contribution in [0.25, 0.3) is 10.8 Å². The monoisotopic (exact) mass is 339 g/mol. The second kappa shape index (κ2) is 6.42. The molecular formula is C19H18BrN. The van der Waals surface area contributed by atoms with E-state index >= 15 is 0 Å². The predicted octanol–water partition coefficient (Wildman–Crippen LogP) is 5.45. The molecule has 0 aliphatic carbocycles. The van der Waals surface area contributed by atoms with E-state index in [0.717, 1.165) is 11.0 Å². The van der Waals surface area contributed by atoms with Crippen LogP contribution in [0.15, 0.2) is 71.2 Å². The van der Waals surface area contributed by atoms with Crippen molar-refractivity contribution in [1.29, 1.82) is 0 Å². The first kappa shape index (κ1) is 14.3. The second-order valence-corrected chi connectivity index (χ2v) is 6.12. The molecule has 0 amide bonds. The molecule has 1 N–H and O–H groups in total. The van der Waals surface area contributed by atoms with Crippen LogP contribution in [0.2, 0.25) is 0 Å². The average molecular weight is 340 g/mol. The van der Waals surface area contributed by atoms with Gasteiger partial charge in [0.1, 0.15) is 0 Å². The summed E-state index contributed by atoms with van der Waals surface area (Å²) in [6, 6.07) is 23.7. The molecule has 0 radical (unpaired) electrons. The lowest BCUT2D eigenvalue weighted by atomic mass is 10.0. The van der Waals surface area contributed by atoms with E-state index in [9.17, 15) is 0 Å². The summed E-state index contributed by atoms with van der Waals surface area (Å²) in [7, 11) is 0. The van der Waals surface area contributed by atoms with Gasteiger partial charge < -0.3 is 5.32 Å². The molecule has 0 fully saturated rings. The summed E-state index contributed by atoms with van der Waals surface area (Å²) >= 11 is 3.62. The van der Waals surface area contributed by atoms with E-state index in [2.05, 4.69) is 88.8 Å². The summed E-state index contributed by atoms with van der Waals surface area (Å²) in [6.45, 7) is 3.06. The molecule has 106 valence electrons. The van der Waals surface area contributed by atoms with E-state index in [4.69, 9.17) is 0 Å². The molecule has 3 aromatic carbocycles. The van der Waals surface area contributed by atoms with Gasteiger partial charge in [-0.3, -0.25) is 0 Å². The van der Waals surface area contributed by atoms with Gasteiger partial charge in [0.25, 0.3) is 0 Å². The van der Waals surface area contributed by atoms with Crippen molar-refractivity contribution in [3.63, 3.8) is 0 Å². The minimum Gasteiger partial charge on any atom is -0.306 e. The summed E-state index contributed by atoms with van der Waals surface area (Å²) in [5, 5.41) is 6.24. The molecule has 3 rings (SSSR count). The first-order valence-electron chi connectivity index (χ1n) is 7.20. The first-order valence-corrected chi connectivity index (χ1v) is 7.99. The Bertz CT molecular complexity index is 746. The minimum atomic E-state index is 0.305. The second-order valence-electron chi connectivity index (χ2n) is 5.26. The molecule has 0 saturated carbocycles. The number of fused-ring (bicyclic) bond motifs is 1. The third kappa shape index (κ3) is 3.17. The number of hydrogen-bond donors (Lipinski definition) is 1. The van der Waals surface area contributed by atoms with Crippen molar-refractivity contribution in [2.75, 3.05) is 0 Å². The standard InChI is InChI=1S/C19H18BrN/c1-14(17-10-4-5-12-19(17)20)21-13-16-9-6-8-15-7-2-3-11-18(15)16/h2-12,14,21H,13H2,1H3/t14-/m1/s1. The topological polar surface area (TPSA) is 12.0 Å². The molecule has 0 bridgehead atoms. The zero-order valence-electron chi connectivity index (χ0n) is 12.0. The van der Waals surface area contributed by atoms with Crippen molar-refractivity contribution in [3.8, 4) is 0 Å². The summed E-state index contributed by atoms with van der Waals surface area (Å²) in [5.74, 6) is 0. The van der Waals surface area contributed by atoms with Crippen molar-refractivity contribution < 1.29 is 0 Å². The lowest BCUT2D eigenvalue weighted by Crippen LogP contribution is -2.18. The van der Waals surface area contributed by atoms with E-state index in [1.165, 1.54) is 21.9 Å². The number of nitrogens with one attached hydrogen (secondary N) is 1. The molecule has 0 unspecified atom stereocenters. The van der Waals surface area contributed by atoms with Crippen molar-refractivity contribution in [1.82, 2.24) is 5.32 Å². The van der Waals surface area contributed by atoms with Gasteiger partial charge in [-0.25, -0.2) is 0 Å². The van der Waals surface area contributed by atoms with Crippen LogP contribution in [-0.4, -0.2) is 0 Å². The van der Waals surface area contributed by atoms with E-state index in [1.54, 1.807) is 0 Å². The third-order valence-electron chi connectivity index (χ3n) is 3.85. The molecule has 0 aromatic heterocycles. The Kier molecular flexibility index (Phi) is 4.37. The number of rotatable bonds is 4. The quantitative estimate of drug-likeness (QED) is 0.666. The Hall–Kier alpha value is -1.64. The van der Waals surface area contributed by atoms with Gasteiger partial charge in [0.15, 0.2) is 0 Å². The van der Waals surface area contributed by atoms with Crippen LogP contribution >= 0.6 is 15.9 Å². The van der Waals surface area contributed by atoms with Crippen LogP contribution in [-0.2, 0) is 6.54 Å². The molecule has 0 saturated heterocycles. The predicted molar refractivity (Wildman–Crippen MR) is 93.3 cm³/mol. The highest BCUT2D eigenvalue weighted by atomic mass is 79.9. The molecule has 0 spiro atoms. The van der Waals surface area contributed by atoms with E-state index in [1.807, 2.05) is 6.07 Å². The zero-order chi connectivity index (χ0) is 14.7. The average Bonchev–Trinajstić information content (AvgIpc) is 2.53. The van der Waals surface area contributed by atoms with Gasteiger partial charge in [-0.2, -0.15) is 0 Å². The summed E-state index contributed by atoms with van der Waals surface area (Å²) in [6.07, 6.45) is 0. The third-order valence-corrected chi connectivity index (χ3v) is 4.57. The molecule has 3 aromatic rings. The largest absolute Gasteiger partial charge is 0.306 e. The Labute approximate surface area is 134 Å². The summed E-state index contributed by atoms with van der Waals surface area (Å²) in [4.78, 5) is 0. The SMILES string of the molecule is C[C@@H](NCc1cccc2ccccc12)c1ccccc1Br. The van der Waals surface area contributed by atoms with Gasteiger partial charge in [0, 0.05) is 17.1 Å². The van der Waals surface area contributed by atoms with Crippen molar-refractivity contribution in [3.05, 3.63) is 82.3 Å². The van der Waals surface area contributed by atoms with Gasteiger partial charge in [-0.05, 0) is 34.9 Å². The first-order chi connectivity index (χ1) is 10.3. The fourth-order valence-corrected chi connectivity index (χ4v) is 3.27. The van der Waals surface area contributed by atoms with Crippen LogP contribution in [0.4, 0.5) is 0 Å². The molecule has 21 heavy (non-hydrogen) atoms. The van der Waals surface area contributed by atoms with E-state index in [0.29, 0.717) is 6.04 Å². The number of hydrogen-bond acceptors (Lipinski definition) is 1. The number of benzene rings is 3. The zero-order valence-corrected chi connectivity index (χ0v) is 13.6. The molecule has 0 aliphatic heterocycles. The molecule has 1 nitrogen and oxygen atoms in total. The molecule has 1 atom stereocenters. The molecule has 0 heterocycles. The smallest absolute Gasteiger partial charge is 0.0306 e. The van der Waals surface area contributed by atoms with Gasteiger partial charge in [-0.1, -0.05) is 76.6 Å². The highest BCUT2D eigenvalue weighted by molar-refractivity contribution is 9.10. The maximum Gasteiger partial charge on any atom is 0.0306 e. The Morgan fingerprint density at radius 2 is 1.62 bits per heavy atom. The summed E-state index contributed by atoms with van der Waals surface area (Å²) < 4.78 is 1.16. The van der Waals surface area contributed by atoms with E-state index < -0.39 is 0 Å². The highest BCUT2D eigenvalue weighted by Gasteiger charge is 2.08. The van der Waals surface area contributed by atoms with Crippen molar-refractivity contribution in [2.45, 2.75) is 19.5 Å². The van der Waals surface area contributed by atoms with Gasteiger partial charge in [0.2, 0.25) is 0 Å². The van der Waals surface area contributed by atoms with Gasteiger partial charge >= 0.3 is 0 Å². The van der Waals surface area contributed by atoms with Crippen LogP contribution < -0.4 is 5.32 Å². The van der Waals surface area contributed by atoms with Crippen LogP contribution in [0, 0.1) is 0 Å².